The van der Waals surface area contributed by atoms with Crippen LogP contribution in [0.4, 0.5) is 0 Å². The summed E-state index contributed by atoms with van der Waals surface area (Å²) >= 11 is 0. The number of primary amides is 1. The SMILES string of the molecule is CC(C)[C@](C#N)(CCCCC(=O)[N@@+]1(C(c2ccccc2)c2ccccc2)CCCC1C(N)=O)c1ccccc1. The highest BCUT2D eigenvalue weighted by Gasteiger charge is 2.56. The second-order valence-electron chi connectivity index (χ2n) is 11.1. The van der Waals surface area contributed by atoms with Crippen molar-refractivity contribution >= 4 is 11.8 Å². The molecule has 1 saturated heterocycles. The van der Waals surface area contributed by atoms with Crippen LogP contribution in [0.25, 0.3) is 0 Å². The van der Waals surface area contributed by atoms with Gasteiger partial charge in [-0.3, -0.25) is 4.79 Å². The van der Waals surface area contributed by atoms with Crippen molar-refractivity contribution in [3.63, 3.8) is 0 Å². The average molecular weight is 523 g/mol. The van der Waals surface area contributed by atoms with Gasteiger partial charge in [0, 0.05) is 24.0 Å². The Morgan fingerprint density at radius 2 is 1.46 bits per heavy atom. The second kappa shape index (κ2) is 12.4. The Balaban J connectivity index is 1.63. The number of nitrogens with zero attached hydrogens (tertiary/aromatic N) is 2. The summed E-state index contributed by atoms with van der Waals surface area (Å²) in [7, 11) is 0. The van der Waals surface area contributed by atoms with Crippen LogP contribution in [0, 0.1) is 17.2 Å². The maximum absolute atomic E-state index is 14.4. The predicted octanol–water partition coefficient (Wildman–Crippen LogP) is 6.45. The van der Waals surface area contributed by atoms with Crippen molar-refractivity contribution in [3.05, 3.63) is 108 Å². The molecule has 0 radical (unpaired) electrons. The van der Waals surface area contributed by atoms with Crippen LogP contribution >= 0.6 is 0 Å². The van der Waals surface area contributed by atoms with E-state index in [0.29, 0.717) is 32.2 Å². The molecule has 2 N–H and O–H groups in total. The molecule has 1 unspecified atom stereocenters. The third-order valence-corrected chi connectivity index (χ3v) is 8.73. The zero-order chi connectivity index (χ0) is 27.9. The van der Waals surface area contributed by atoms with Crippen LogP contribution in [0.5, 0.6) is 0 Å². The van der Waals surface area contributed by atoms with Crippen LogP contribution in [0.15, 0.2) is 91.0 Å². The molecule has 0 aliphatic carbocycles. The van der Waals surface area contributed by atoms with Gasteiger partial charge in [-0.1, -0.05) is 111 Å². The Labute approximate surface area is 232 Å². The van der Waals surface area contributed by atoms with E-state index in [1.54, 1.807) is 0 Å². The number of quaternary nitrogens is 1. The molecule has 2 amide bonds. The van der Waals surface area contributed by atoms with Gasteiger partial charge in [0.2, 0.25) is 0 Å². The zero-order valence-corrected chi connectivity index (χ0v) is 23.1. The number of hydrogen-bond acceptors (Lipinski definition) is 3. The summed E-state index contributed by atoms with van der Waals surface area (Å²) in [5.41, 5.74) is 8.44. The Hall–Kier alpha value is -3.75. The smallest absolute Gasteiger partial charge is 0.315 e. The average Bonchev–Trinajstić information content (AvgIpc) is 3.41. The molecule has 202 valence electrons. The van der Waals surface area contributed by atoms with Gasteiger partial charge in [-0.2, -0.15) is 5.26 Å². The first-order valence-corrected chi connectivity index (χ1v) is 14.1. The maximum Gasteiger partial charge on any atom is 0.315 e. The summed E-state index contributed by atoms with van der Waals surface area (Å²) in [6.45, 7) is 4.76. The fourth-order valence-electron chi connectivity index (χ4n) is 6.69. The third-order valence-electron chi connectivity index (χ3n) is 8.73. The molecule has 0 spiro atoms. The molecule has 5 heteroatoms. The van der Waals surface area contributed by atoms with Gasteiger partial charge in [-0.05, 0) is 24.3 Å². The van der Waals surface area contributed by atoms with Crippen LogP contribution in [0.3, 0.4) is 0 Å². The van der Waals surface area contributed by atoms with E-state index in [1.807, 2.05) is 91.0 Å². The van der Waals surface area contributed by atoms with E-state index in [-0.39, 0.29) is 22.3 Å². The van der Waals surface area contributed by atoms with Crippen LogP contribution in [-0.2, 0) is 15.0 Å². The van der Waals surface area contributed by atoms with E-state index in [1.165, 1.54) is 0 Å². The van der Waals surface area contributed by atoms with Gasteiger partial charge in [0.05, 0.1) is 24.4 Å². The summed E-state index contributed by atoms with van der Waals surface area (Å²) < 4.78 is 0.0373. The number of amides is 2. The third kappa shape index (κ3) is 5.53. The standard InChI is InChI=1S/C34H39N3O2/c1-26(2)34(25-35,29-19-10-5-11-20-29)23-13-12-22-31(38)37(24-14-21-30(37)33(36)39)32(27-15-6-3-7-16-27)28-17-8-4-9-18-28/h3-11,15-20,26,30,32H,12-14,21-24H2,1-2H3,(H-,36,39)/p+1/t30?,34-,37-/m1/s1. The van der Waals surface area contributed by atoms with Crippen LogP contribution in [0.1, 0.15) is 75.1 Å². The molecule has 0 aromatic heterocycles. The molecule has 1 aliphatic rings. The predicted molar refractivity (Wildman–Crippen MR) is 154 cm³/mol. The minimum Gasteiger partial charge on any atom is -0.364 e. The highest BCUT2D eigenvalue weighted by molar-refractivity contribution is 5.82. The van der Waals surface area contributed by atoms with E-state index in [0.717, 1.165) is 29.5 Å². The highest BCUT2D eigenvalue weighted by atomic mass is 16.2. The summed E-state index contributed by atoms with van der Waals surface area (Å²) in [5.74, 6) is -0.219. The van der Waals surface area contributed by atoms with Crippen molar-refractivity contribution in [2.75, 3.05) is 6.54 Å². The number of likely N-dealkylation sites (tertiary alicyclic amines) is 1. The molecule has 0 bridgehead atoms. The lowest BCUT2D eigenvalue weighted by Crippen LogP contribution is -2.62. The van der Waals surface area contributed by atoms with E-state index in [4.69, 9.17) is 5.73 Å². The summed E-state index contributed by atoms with van der Waals surface area (Å²) in [6.07, 6.45) is 3.80. The lowest BCUT2D eigenvalue weighted by molar-refractivity contribution is -0.882. The van der Waals surface area contributed by atoms with E-state index < -0.39 is 17.4 Å². The zero-order valence-electron chi connectivity index (χ0n) is 23.1. The fourth-order valence-corrected chi connectivity index (χ4v) is 6.69. The minimum atomic E-state index is -0.601. The number of unbranched alkanes of at least 4 members (excludes halogenated alkanes) is 1. The van der Waals surface area contributed by atoms with Crippen molar-refractivity contribution in [1.29, 1.82) is 5.26 Å². The Kier molecular flexibility index (Phi) is 8.99. The molecule has 1 aliphatic heterocycles. The van der Waals surface area contributed by atoms with E-state index in [9.17, 15) is 14.9 Å². The van der Waals surface area contributed by atoms with Gasteiger partial charge >= 0.3 is 5.91 Å². The van der Waals surface area contributed by atoms with E-state index in [2.05, 4.69) is 19.9 Å². The molecular formula is C34H40N3O2+. The van der Waals surface area contributed by atoms with Crippen molar-refractivity contribution in [3.8, 4) is 6.07 Å². The molecule has 5 nitrogen and oxygen atoms in total. The maximum atomic E-state index is 14.4. The van der Waals surface area contributed by atoms with Crippen molar-refractivity contribution in [2.45, 2.75) is 69.9 Å². The van der Waals surface area contributed by atoms with Crippen LogP contribution in [0.2, 0.25) is 0 Å². The first-order valence-electron chi connectivity index (χ1n) is 14.1. The van der Waals surface area contributed by atoms with Gasteiger partial charge in [-0.15, -0.1) is 0 Å². The molecule has 3 aromatic rings. The second-order valence-corrected chi connectivity index (χ2v) is 11.1. The van der Waals surface area contributed by atoms with Crippen LogP contribution < -0.4 is 5.73 Å². The molecule has 3 atom stereocenters. The van der Waals surface area contributed by atoms with Crippen molar-refractivity contribution in [2.24, 2.45) is 11.7 Å². The number of carbonyl (C=O) groups excluding carboxylic acids is 2. The summed E-state index contributed by atoms with van der Waals surface area (Å²) in [5, 5.41) is 10.3. The van der Waals surface area contributed by atoms with Gasteiger partial charge in [0.15, 0.2) is 6.04 Å². The molecule has 0 saturated carbocycles. The number of rotatable bonds is 11. The van der Waals surface area contributed by atoms with Crippen LogP contribution in [-0.4, -0.2) is 28.9 Å². The number of nitrogens with two attached hydrogens (primary N) is 1. The molecule has 1 fully saturated rings. The van der Waals surface area contributed by atoms with Crippen molar-refractivity contribution in [1.82, 2.24) is 0 Å². The minimum absolute atomic E-state index is 0.0373. The lowest BCUT2D eigenvalue weighted by Gasteiger charge is -2.43. The summed E-state index contributed by atoms with van der Waals surface area (Å²) in [6, 6.07) is 31.8. The highest BCUT2D eigenvalue weighted by Crippen LogP contribution is 2.44. The van der Waals surface area contributed by atoms with Gasteiger partial charge in [-0.25, -0.2) is 9.28 Å². The van der Waals surface area contributed by atoms with E-state index >= 15 is 0 Å². The Bertz CT molecular complexity index is 1250. The molecule has 39 heavy (non-hydrogen) atoms. The normalized spacial score (nSPS) is 20.4. The van der Waals surface area contributed by atoms with Gasteiger partial charge in [0.25, 0.3) is 5.91 Å². The lowest BCUT2D eigenvalue weighted by atomic mass is 9.69. The fraction of sp³-hybridized carbons (Fsp3) is 0.382. The molecular weight excluding hydrogens is 482 g/mol. The first-order chi connectivity index (χ1) is 18.9. The van der Waals surface area contributed by atoms with Gasteiger partial charge < -0.3 is 5.73 Å². The monoisotopic (exact) mass is 522 g/mol. The number of benzene rings is 3. The quantitative estimate of drug-likeness (QED) is 0.232. The summed E-state index contributed by atoms with van der Waals surface area (Å²) in [4.78, 5) is 27.2. The largest absolute Gasteiger partial charge is 0.364 e. The number of hydrogen-bond donors (Lipinski definition) is 1. The number of nitriles is 1. The van der Waals surface area contributed by atoms with Gasteiger partial charge in [0.1, 0.15) is 6.04 Å². The molecule has 4 rings (SSSR count). The first kappa shape index (κ1) is 28.3. The topological polar surface area (TPSA) is 83.9 Å². The Morgan fingerprint density at radius 1 is 0.923 bits per heavy atom. The van der Waals surface area contributed by atoms with Crippen molar-refractivity contribution < 1.29 is 14.1 Å². The number of carbonyl (C=O) groups is 2. The molecule has 1 heterocycles. The molecule has 3 aromatic carbocycles. The Morgan fingerprint density at radius 3 is 1.95 bits per heavy atom.